The van der Waals surface area contributed by atoms with Crippen molar-refractivity contribution in [3.63, 3.8) is 0 Å². The van der Waals surface area contributed by atoms with Gasteiger partial charge in [0.1, 0.15) is 11.9 Å². The fourth-order valence-electron chi connectivity index (χ4n) is 1.82. The van der Waals surface area contributed by atoms with Crippen molar-refractivity contribution < 1.29 is 4.74 Å². The summed E-state index contributed by atoms with van der Waals surface area (Å²) in [4.78, 5) is 4.20. The van der Waals surface area contributed by atoms with Gasteiger partial charge in [0.2, 0.25) is 0 Å². The van der Waals surface area contributed by atoms with E-state index in [0.29, 0.717) is 0 Å². The molecular weight excluding hydrogens is 377 g/mol. The third-order valence-corrected chi connectivity index (χ3v) is 2.93. The van der Waals surface area contributed by atoms with Gasteiger partial charge >= 0.3 is 0 Å². The Kier molecular flexibility index (Phi) is 12.1. The molecule has 0 aliphatic carbocycles. The molecule has 21 heavy (non-hydrogen) atoms. The molecule has 0 spiro atoms. The van der Waals surface area contributed by atoms with Crippen LogP contribution in [0.4, 0.5) is 0 Å². The van der Waals surface area contributed by atoms with Gasteiger partial charge in [-0.05, 0) is 25.5 Å². The van der Waals surface area contributed by atoms with E-state index in [0.717, 1.165) is 24.8 Å². The maximum Gasteiger partial charge on any atom is 0.191 e. The van der Waals surface area contributed by atoms with Gasteiger partial charge in [-0.3, -0.25) is 4.99 Å². The van der Waals surface area contributed by atoms with E-state index in [2.05, 4.69) is 22.5 Å². The van der Waals surface area contributed by atoms with E-state index >= 15 is 0 Å². The molecule has 4 nitrogen and oxygen atoms in total. The zero-order valence-corrected chi connectivity index (χ0v) is 15.6. The number of nitrogens with zero attached hydrogens (tertiary/aromatic N) is 1. The van der Waals surface area contributed by atoms with Crippen molar-refractivity contribution in [1.82, 2.24) is 10.6 Å². The van der Waals surface area contributed by atoms with Crippen molar-refractivity contribution in [3.8, 4) is 5.75 Å². The van der Waals surface area contributed by atoms with Crippen LogP contribution in [0.2, 0.25) is 0 Å². The number of benzene rings is 1. The standard InChI is InChI=1S/C16H27N3O.HI/c1-4-5-9-12-18-16(17-3)19-13-14(2)20-15-10-7-6-8-11-15;/h6-8,10-11,14H,4-5,9,12-13H2,1-3H3,(H2,17,18,19);1H. The number of halogens is 1. The smallest absolute Gasteiger partial charge is 0.191 e. The SMILES string of the molecule is CCCCCNC(=NC)NCC(C)Oc1ccccc1.I. The summed E-state index contributed by atoms with van der Waals surface area (Å²) in [6.07, 6.45) is 3.74. The Morgan fingerprint density at radius 3 is 2.52 bits per heavy atom. The predicted molar refractivity (Wildman–Crippen MR) is 101 cm³/mol. The molecule has 0 bridgehead atoms. The monoisotopic (exact) mass is 405 g/mol. The van der Waals surface area contributed by atoms with Gasteiger partial charge < -0.3 is 15.4 Å². The first-order chi connectivity index (χ1) is 9.76. The van der Waals surface area contributed by atoms with E-state index < -0.39 is 0 Å². The van der Waals surface area contributed by atoms with Gasteiger partial charge in [-0.15, -0.1) is 24.0 Å². The predicted octanol–water partition coefficient (Wildman–Crippen LogP) is 3.43. The minimum absolute atomic E-state index is 0. The molecule has 0 aliphatic heterocycles. The highest BCUT2D eigenvalue weighted by Gasteiger charge is 2.05. The summed E-state index contributed by atoms with van der Waals surface area (Å²) < 4.78 is 5.81. The fourth-order valence-corrected chi connectivity index (χ4v) is 1.82. The van der Waals surface area contributed by atoms with E-state index in [4.69, 9.17) is 4.74 Å². The Hall–Kier alpha value is -0.980. The molecule has 0 aliphatic rings. The minimum Gasteiger partial charge on any atom is -0.489 e. The normalized spacial score (nSPS) is 12.2. The highest BCUT2D eigenvalue weighted by Crippen LogP contribution is 2.10. The van der Waals surface area contributed by atoms with Crippen LogP contribution in [0.15, 0.2) is 35.3 Å². The number of hydrogen-bond acceptors (Lipinski definition) is 2. The average Bonchev–Trinajstić information content (AvgIpc) is 2.47. The Morgan fingerprint density at radius 2 is 1.90 bits per heavy atom. The van der Waals surface area contributed by atoms with Gasteiger partial charge in [0.25, 0.3) is 0 Å². The Bertz CT molecular complexity index is 384. The van der Waals surface area contributed by atoms with Crippen molar-refractivity contribution in [2.24, 2.45) is 4.99 Å². The first-order valence-electron chi connectivity index (χ1n) is 7.42. The number of para-hydroxylation sites is 1. The van der Waals surface area contributed by atoms with Gasteiger partial charge in [-0.1, -0.05) is 38.0 Å². The molecule has 0 radical (unpaired) electrons. The molecule has 5 heteroatoms. The van der Waals surface area contributed by atoms with Crippen molar-refractivity contribution in [2.75, 3.05) is 20.1 Å². The molecule has 0 saturated heterocycles. The number of guanidine groups is 1. The maximum atomic E-state index is 5.81. The van der Waals surface area contributed by atoms with Crippen LogP contribution in [0.1, 0.15) is 33.1 Å². The van der Waals surface area contributed by atoms with E-state index in [1.54, 1.807) is 7.05 Å². The summed E-state index contributed by atoms with van der Waals surface area (Å²) in [5.41, 5.74) is 0. The van der Waals surface area contributed by atoms with Crippen LogP contribution >= 0.6 is 24.0 Å². The summed E-state index contributed by atoms with van der Waals surface area (Å²) in [6, 6.07) is 9.87. The molecule has 1 rings (SSSR count). The second-order valence-electron chi connectivity index (χ2n) is 4.83. The molecule has 1 unspecified atom stereocenters. The number of rotatable bonds is 8. The van der Waals surface area contributed by atoms with Crippen LogP contribution in [0, 0.1) is 0 Å². The second kappa shape index (κ2) is 12.7. The van der Waals surface area contributed by atoms with Gasteiger partial charge in [0.15, 0.2) is 5.96 Å². The Labute approximate surface area is 145 Å². The molecule has 0 heterocycles. The maximum absolute atomic E-state index is 5.81. The highest BCUT2D eigenvalue weighted by atomic mass is 127. The quantitative estimate of drug-likeness (QED) is 0.302. The summed E-state index contributed by atoms with van der Waals surface area (Å²) in [7, 11) is 1.79. The van der Waals surface area contributed by atoms with Gasteiger partial charge in [0.05, 0.1) is 6.54 Å². The number of unbranched alkanes of at least 4 members (excludes halogenated alkanes) is 2. The lowest BCUT2D eigenvalue weighted by Gasteiger charge is -2.17. The van der Waals surface area contributed by atoms with E-state index in [9.17, 15) is 0 Å². The number of aliphatic imine (C=N–C) groups is 1. The van der Waals surface area contributed by atoms with Crippen LogP contribution < -0.4 is 15.4 Å². The molecular formula is C16H28IN3O. The summed E-state index contributed by atoms with van der Waals surface area (Å²) >= 11 is 0. The van der Waals surface area contributed by atoms with Crippen LogP contribution in [-0.2, 0) is 0 Å². The molecule has 2 N–H and O–H groups in total. The lowest BCUT2D eigenvalue weighted by Crippen LogP contribution is -2.42. The lowest BCUT2D eigenvalue weighted by atomic mass is 10.2. The van der Waals surface area contributed by atoms with Crippen LogP contribution in [0.25, 0.3) is 0 Å². The largest absolute Gasteiger partial charge is 0.489 e. The van der Waals surface area contributed by atoms with Gasteiger partial charge in [-0.25, -0.2) is 0 Å². The molecule has 120 valence electrons. The first kappa shape index (κ1) is 20.0. The molecule has 1 atom stereocenters. The first-order valence-corrected chi connectivity index (χ1v) is 7.42. The van der Waals surface area contributed by atoms with Crippen molar-refractivity contribution >= 4 is 29.9 Å². The van der Waals surface area contributed by atoms with Crippen LogP contribution in [-0.4, -0.2) is 32.2 Å². The van der Waals surface area contributed by atoms with E-state index in [1.165, 1.54) is 19.3 Å². The lowest BCUT2D eigenvalue weighted by molar-refractivity contribution is 0.224. The molecule has 0 aromatic heterocycles. The third-order valence-electron chi connectivity index (χ3n) is 2.93. The van der Waals surface area contributed by atoms with Crippen LogP contribution in [0.5, 0.6) is 5.75 Å². The minimum atomic E-state index is 0. The number of ether oxygens (including phenoxy) is 1. The van der Waals surface area contributed by atoms with Crippen molar-refractivity contribution in [3.05, 3.63) is 30.3 Å². The van der Waals surface area contributed by atoms with E-state index in [1.807, 2.05) is 37.3 Å². The third kappa shape index (κ3) is 9.55. The zero-order chi connectivity index (χ0) is 14.6. The Balaban J connectivity index is 0.00000400. The van der Waals surface area contributed by atoms with Crippen molar-refractivity contribution in [2.45, 2.75) is 39.2 Å². The Morgan fingerprint density at radius 1 is 1.19 bits per heavy atom. The number of hydrogen-bond donors (Lipinski definition) is 2. The second-order valence-corrected chi connectivity index (χ2v) is 4.83. The van der Waals surface area contributed by atoms with E-state index in [-0.39, 0.29) is 30.1 Å². The highest BCUT2D eigenvalue weighted by molar-refractivity contribution is 14.0. The summed E-state index contributed by atoms with van der Waals surface area (Å²) in [5, 5.41) is 6.59. The zero-order valence-electron chi connectivity index (χ0n) is 13.3. The van der Waals surface area contributed by atoms with Crippen LogP contribution in [0.3, 0.4) is 0 Å². The van der Waals surface area contributed by atoms with Gasteiger partial charge in [-0.2, -0.15) is 0 Å². The molecule has 0 amide bonds. The molecule has 1 aromatic rings. The topological polar surface area (TPSA) is 45.7 Å². The van der Waals surface area contributed by atoms with Crippen molar-refractivity contribution in [1.29, 1.82) is 0 Å². The molecule has 0 fully saturated rings. The summed E-state index contributed by atoms with van der Waals surface area (Å²) in [5.74, 6) is 1.73. The average molecular weight is 405 g/mol. The summed E-state index contributed by atoms with van der Waals surface area (Å²) in [6.45, 7) is 5.93. The fraction of sp³-hybridized carbons (Fsp3) is 0.562. The molecule has 1 aromatic carbocycles. The van der Waals surface area contributed by atoms with Gasteiger partial charge in [0, 0.05) is 13.6 Å². The number of nitrogens with one attached hydrogen (secondary N) is 2. The molecule has 0 saturated carbocycles.